The summed E-state index contributed by atoms with van der Waals surface area (Å²) in [5.74, 6) is -1.76. The minimum atomic E-state index is -0.594. The average molecular weight is 313 g/mol. The maximum absolute atomic E-state index is 12.1. The third-order valence-corrected chi connectivity index (χ3v) is 3.59. The standard InChI is InChI=1S/C15H27N3O4/c1-4-22-15(21)12-7-5-10-18(11-12)14(20)13(19)16-8-6-9-17(2)3/h12H,4-11H2,1-3H3,(H,16,19). The molecule has 2 amide bonds. The van der Waals surface area contributed by atoms with Crippen LogP contribution in [0.3, 0.4) is 0 Å². The number of ether oxygens (including phenoxy) is 1. The lowest BCUT2D eigenvalue weighted by Crippen LogP contribution is -2.49. The molecule has 7 nitrogen and oxygen atoms in total. The molecule has 1 N–H and O–H groups in total. The maximum Gasteiger partial charge on any atom is 0.311 e. The van der Waals surface area contributed by atoms with Gasteiger partial charge in [0.2, 0.25) is 0 Å². The first-order valence-electron chi connectivity index (χ1n) is 7.84. The van der Waals surface area contributed by atoms with Crippen LogP contribution in [0.5, 0.6) is 0 Å². The molecule has 22 heavy (non-hydrogen) atoms. The number of carbonyl (C=O) groups is 3. The molecule has 1 heterocycles. The second kappa shape index (κ2) is 9.40. The Morgan fingerprint density at radius 3 is 2.68 bits per heavy atom. The van der Waals surface area contributed by atoms with Crippen LogP contribution in [0.15, 0.2) is 0 Å². The summed E-state index contributed by atoms with van der Waals surface area (Å²) in [6.07, 6.45) is 2.20. The molecule has 7 heteroatoms. The molecule has 0 radical (unpaired) electrons. The van der Waals surface area contributed by atoms with Gasteiger partial charge in [0.15, 0.2) is 0 Å². The summed E-state index contributed by atoms with van der Waals surface area (Å²) in [6, 6.07) is 0. The minimum absolute atomic E-state index is 0.267. The summed E-state index contributed by atoms with van der Waals surface area (Å²) >= 11 is 0. The zero-order valence-electron chi connectivity index (χ0n) is 13.8. The van der Waals surface area contributed by atoms with Gasteiger partial charge in [0.05, 0.1) is 12.5 Å². The highest BCUT2D eigenvalue weighted by Crippen LogP contribution is 2.18. The molecule has 0 aromatic carbocycles. The van der Waals surface area contributed by atoms with Crippen LogP contribution in [-0.2, 0) is 19.1 Å². The van der Waals surface area contributed by atoms with Gasteiger partial charge in [-0.25, -0.2) is 0 Å². The molecule has 1 unspecified atom stereocenters. The second-order valence-corrected chi connectivity index (χ2v) is 5.76. The van der Waals surface area contributed by atoms with Crippen molar-refractivity contribution < 1.29 is 19.1 Å². The summed E-state index contributed by atoms with van der Waals surface area (Å²) in [5, 5.41) is 2.63. The monoisotopic (exact) mass is 313 g/mol. The molecular weight excluding hydrogens is 286 g/mol. The van der Waals surface area contributed by atoms with Crippen molar-refractivity contribution in [2.24, 2.45) is 5.92 Å². The van der Waals surface area contributed by atoms with E-state index in [0.717, 1.165) is 13.0 Å². The predicted molar refractivity (Wildman–Crippen MR) is 82.1 cm³/mol. The van der Waals surface area contributed by atoms with E-state index < -0.39 is 11.8 Å². The number of nitrogens with one attached hydrogen (secondary N) is 1. The number of rotatable bonds is 6. The van der Waals surface area contributed by atoms with E-state index in [-0.39, 0.29) is 18.4 Å². The fraction of sp³-hybridized carbons (Fsp3) is 0.800. The Hall–Kier alpha value is -1.63. The Kier molecular flexibility index (Phi) is 7.87. The maximum atomic E-state index is 12.1. The lowest BCUT2D eigenvalue weighted by Gasteiger charge is -2.31. The van der Waals surface area contributed by atoms with Crippen molar-refractivity contribution in [3.63, 3.8) is 0 Å². The van der Waals surface area contributed by atoms with Crippen LogP contribution >= 0.6 is 0 Å². The van der Waals surface area contributed by atoms with Gasteiger partial charge in [-0.15, -0.1) is 0 Å². The molecule has 0 aliphatic carbocycles. The van der Waals surface area contributed by atoms with Crippen molar-refractivity contribution in [3.8, 4) is 0 Å². The highest BCUT2D eigenvalue weighted by atomic mass is 16.5. The van der Waals surface area contributed by atoms with Crippen LogP contribution in [0.25, 0.3) is 0 Å². The average Bonchev–Trinajstić information content (AvgIpc) is 2.50. The van der Waals surface area contributed by atoms with Crippen molar-refractivity contribution in [2.45, 2.75) is 26.2 Å². The fourth-order valence-electron chi connectivity index (χ4n) is 2.43. The summed E-state index contributed by atoms with van der Waals surface area (Å²) in [5.41, 5.74) is 0. The van der Waals surface area contributed by atoms with E-state index in [0.29, 0.717) is 32.5 Å². The smallest absolute Gasteiger partial charge is 0.311 e. The van der Waals surface area contributed by atoms with E-state index in [1.807, 2.05) is 19.0 Å². The minimum Gasteiger partial charge on any atom is -0.466 e. The topological polar surface area (TPSA) is 78.9 Å². The first-order chi connectivity index (χ1) is 10.5. The second-order valence-electron chi connectivity index (χ2n) is 5.76. The largest absolute Gasteiger partial charge is 0.466 e. The number of amides is 2. The molecule has 0 saturated carbocycles. The predicted octanol–water partition coefficient (Wildman–Crippen LogP) is -0.144. The Morgan fingerprint density at radius 2 is 2.05 bits per heavy atom. The van der Waals surface area contributed by atoms with Crippen LogP contribution in [0.2, 0.25) is 0 Å². The Labute approximate surface area is 132 Å². The van der Waals surface area contributed by atoms with Crippen molar-refractivity contribution >= 4 is 17.8 Å². The van der Waals surface area contributed by atoms with Crippen LogP contribution < -0.4 is 5.32 Å². The number of hydrogen-bond acceptors (Lipinski definition) is 5. The highest BCUT2D eigenvalue weighted by molar-refractivity contribution is 6.35. The van der Waals surface area contributed by atoms with Crippen LogP contribution in [-0.4, -0.2) is 74.5 Å². The zero-order chi connectivity index (χ0) is 16.5. The summed E-state index contributed by atoms with van der Waals surface area (Å²) in [6.45, 7) is 4.18. The van der Waals surface area contributed by atoms with Gasteiger partial charge in [0, 0.05) is 19.6 Å². The zero-order valence-corrected chi connectivity index (χ0v) is 13.8. The summed E-state index contributed by atoms with van der Waals surface area (Å²) < 4.78 is 4.99. The van der Waals surface area contributed by atoms with E-state index in [2.05, 4.69) is 5.32 Å². The van der Waals surface area contributed by atoms with Crippen LogP contribution in [0.1, 0.15) is 26.2 Å². The van der Waals surface area contributed by atoms with Crippen LogP contribution in [0, 0.1) is 5.92 Å². The van der Waals surface area contributed by atoms with Gasteiger partial charge in [-0.1, -0.05) is 0 Å². The van der Waals surface area contributed by atoms with Gasteiger partial charge >= 0.3 is 17.8 Å². The quantitative estimate of drug-likeness (QED) is 0.419. The molecule has 1 aliphatic heterocycles. The number of hydrogen-bond donors (Lipinski definition) is 1. The SMILES string of the molecule is CCOC(=O)C1CCCN(C(=O)C(=O)NCCCN(C)C)C1. The van der Waals surface area contributed by atoms with E-state index in [9.17, 15) is 14.4 Å². The molecule has 1 saturated heterocycles. The number of esters is 1. The van der Waals surface area contributed by atoms with Gasteiger partial charge in [-0.2, -0.15) is 0 Å². The van der Waals surface area contributed by atoms with Gasteiger partial charge in [-0.05, 0) is 46.8 Å². The lowest BCUT2D eigenvalue weighted by atomic mass is 9.98. The Balaban J connectivity index is 2.40. The fourth-order valence-corrected chi connectivity index (χ4v) is 2.43. The Bertz CT molecular complexity index is 398. The van der Waals surface area contributed by atoms with E-state index in [1.165, 1.54) is 4.90 Å². The molecule has 1 atom stereocenters. The first-order valence-corrected chi connectivity index (χ1v) is 7.84. The van der Waals surface area contributed by atoms with Crippen LogP contribution in [0.4, 0.5) is 0 Å². The molecule has 0 bridgehead atoms. The van der Waals surface area contributed by atoms with Gasteiger partial charge < -0.3 is 19.9 Å². The van der Waals surface area contributed by atoms with Gasteiger partial charge in [0.1, 0.15) is 0 Å². The van der Waals surface area contributed by atoms with Gasteiger partial charge in [-0.3, -0.25) is 14.4 Å². The molecule has 126 valence electrons. The lowest BCUT2D eigenvalue weighted by molar-refractivity contribution is -0.154. The van der Waals surface area contributed by atoms with Crippen molar-refractivity contribution in [2.75, 3.05) is 46.9 Å². The summed E-state index contributed by atoms with van der Waals surface area (Å²) in [4.78, 5) is 39.2. The van der Waals surface area contributed by atoms with E-state index in [1.54, 1.807) is 6.92 Å². The number of likely N-dealkylation sites (tertiary alicyclic amines) is 1. The van der Waals surface area contributed by atoms with Crippen molar-refractivity contribution in [1.29, 1.82) is 0 Å². The first kappa shape index (κ1) is 18.4. The van der Waals surface area contributed by atoms with Crippen molar-refractivity contribution in [3.05, 3.63) is 0 Å². The third-order valence-electron chi connectivity index (χ3n) is 3.59. The van der Waals surface area contributed by atoms with E-state index >= 15 is 0 Å². The molecule has 1 fully saturated rings. The normalized spacial score (nSPS) is 18.2. The molecule has 0 spiro atoms. The molecule has 0 aromatic rings. The highest BCUT2D eigenvalue weighted by Gasteiger charge is 2.31. The number of piperidine rings is 1. The number of carbonyl (C=O) groups excluding carboxylic acids is 3. The molecule has 1 aliphatic rings. The summed E-state index contributed by atoms with van der Waals surface area (Å²) in [7, 11) is 3.91. The van der Waals surface area contributed by atoms with Crippen molar-refractivity contribution in [1.82, 2.24) is 15.1 Å². The molecule has 1 rings (SSSR count). The van der Waals surface area contributed by atoms with Gasteiger partial charge in [0.25, 0.3) is 0 Å². The van der Waals surface area contributed by atoms with E-state index in [4.69, 9.17) is 4.74 Å². The number of nitrogens with zero attached hydrogens (tertiary/aromatic N) is 2. The third kappa shape index (κ3) is 6.01. The molecular formula is C15H27N3O4. The Morgan fingerprint density at radius 1 is 1.32 bits per heavy atom. The molecule has 0 aromatic heterocycles.